The lowest BCUT2D eigenvalue weighted by molar-refractivity contribution is -0.122. The fraction of sp³-hybridized carbons (Fsp3) is 0.226. The van der Waals surface area contributed by atoms with Crippen molar-refractivity contribution in [1.82, 2.24) is 24.8 Å². The van der Waals surface area contributed by atoms with E-state index in [4.69, 9.17) is 28.2 Å². The van der Waals surface area contributed by atoms with Gasteiger partial charge in [0.15, 0.2) is 17.0 Å². The lowest BCUT2D eigenvalue weighted by atomic mass is 9.89. The van der Waals surface area contributed by atoms with Gasteiger partial charge in [-0.2, -0.15) is 0 Å². The molecule has 0 bridgehead atoms. The molecule has 11 heteroatoms. The van der Waals surface area contributed by atoms with Crippen molar-refractivity contribution in [3.63, 3.8) is 0 Å². The molecule has 0 spiro atoms. The summed E-state index contributed by atoms with van der Waals surface area (Å²) in [6.45, 7) is 3.18. The van der Waals surface area contributed by atoms with Crippen LogP contribution in [0.3, 0.4) is 0 Å². The molecule has 0 saturated carbocycles. The largest absolute Gasteiger partial charge is 0.354 e. The molecule has 1 saturated heterocycles. The first kappa shape index (κ1) is 28.1. The number of carbonyl (C=O) groups is 1. The third-order valence-corrected chi connectivity index (χ3v) is 8.18. The molecule has 5 aromatic rings. The van der Waals surface area contributed by atoms with Crippen LogP contribution in [0.5, 0.6) is 0 Å². The maximum Gasteiger partial charge on any atom is 0.224 e. The van der Waals surface area contributed by atoms with Crippen molar-refractivity contribution in [2.24, 2.45) is 0 Å². The summed E-state index contributed by atoms with van der Waals surface area (Å²) >= 11 is 12.8. The van der Waals surface area contributed by atoms with E-state index in [1.165, 1.54) is 12.4 Å². The van der Waals surface area contributed by atoms with Crippen LogP contribution in [0.1, 0.15) is 25.3 Å². The average Bonchev–Trinajstić information content (AvgIpc) is 3.35. The molecular weight excluding hydrogens is 581 g/mol. The number of nitrogens with one attached hydrogen (secondary N) is 1. The van der Waals surface area contributed by atoms with Crippen molar-refractivity contribution in [2.75, 3.05) is 18.0 Å². The smallest absolute Gasteiger partial charge is 0.224 e. The van der Waals surface area contributed by atoms with E-state index in [0.717, 1.165) is 23.4 Å². The summed E-state index contributed by atoms with van der Waals surface area (Å²) in [5.41, 5.74) is 2.49. The highest BCUT2D eigenvalue weighted by molar-refractivity contribution is 6.33. The standard InChI is InChI=1S/C31H26Cl2F2N6O/c1-31(39-26(42)16-19-6-9-21(34)17-25(19)35)12-14-40(15-13-31)29-27-30(37-18-36-29)41(22-10-7-20(32)8-11-22)28(38-27)23-4-2-3-5-24(23)33/h2-11,17-18H,12-16H2,1H3,(H,39,42). The molecular formula is C31H26Cl2F2N6O. The summed E-state index contributed by atoms with van der Waals surface area (Å²) < 4.78 is 29.3. The summed E-state index contributed by atoms with van der Waals surface area (Å²) in [4.78, 5) is 29.1. The van der Waals surface area contributed by atoms with Gasteiger partial charge < -0.3 is 10.2 Å². The molecule has 1 aliphatic heterocycles. The minimum absolute atomic E-state index is 0.156. The number of carbonyl (C=O) groups excluding carboxylic acids is 1. The molecule has 3 aromatic carbocycles. The summed E-state index contributed by atoms with van der Waals surface area (Å²) in [6.07, 6.45) is 2.62. The first-order valence-electron chi connectivity index (χ1n) is 13.4. The fourth-order valence-electron chi connectivity index (χ4n) is 5.33. The van der Waals surface area contributed by atoms with Crippen LogP contribution in [-0.4, -0.2) is 44.1 Å². The van der Waals surface area contributed by atoms with Crippen LogP contribution in [0.2, 0.25) is 10.0 Å². The van der Waals surface area contributed by atoms with Crippen LogP contribution < -0.4 is 10.2 Å². The fourth-order valence-corrected chi connectivity index (χ4v) is 5.67. The van der Waals surface area contributed by atoms with Crippen molar-refractivity contribution in [3.8, 4) is 17.1 Å². The van der Waals surface area contributed by atoms with E-state index >= 15 is 0 Å². The van der Waals surface area contributed by atoms with Crippen LogP contribution >= 0.6 is 23.2 Å². The number of nitrogens with zero attached hydrogens (tertiary/aromatic N) is 5. The topological polar surface area (TPSA) is 75.9 Å². The first-order chi connectivity index (χ1) is 20.2. The molecule has 42 heavy (non-hydrogen) atoms. The van der Waals surface area contributed by atoms with Gasteiger partial charge in [0.25, 0.3) is 0 Å². The number of anilines is 1. The van der Waals surface area contributed by atoms with Crippen LogP contribution in [0.4, 0.5) is 14.6 Å². The van der Waals surface area contributed by atoms with Crippen molar-refractivity contribution < 1.29 is 13.6 Å². The van der Waals surface area contributed by atoms with Crippen LogP contribution in [0.25, 0.3) is 28.2 Å². The highest BCUT2D eigenvalue weighted by Crippen LogP contribution is 2.36. The third kappa shape index (κ3) is 5.54. The van der Waals surface area contributed by atoms with E-state index in [9.17, 15) is 13.6 Å². The lowest BCUT2D eigenvalue weighted by Gasteiger charge is -2.40. The van der Waals surface area contributed by atoms with E-state index in [0.29, 0.717) is 58.8 Å². The molecule has 0 unspecified atom stereocenters. The Labute approximate surface area is 251 Å². The number of amides is 1. The van der Waals surface area contributed by atoms with Gasteiger partial charge in [-0.15, -0.1) is 0 Å². The van der Waals surface area contributed by atoms with Crippen LogP contribution in [0, 0.1) is 11.6 Å². The highest BCUT2D eigenvalue weighted by atomic mass is 35.5. The molecule has 0 atom stereocenters. The molecule has 0 radical (unpaired) electrons. The minimum Gasteiger partial charge on any atom is -0.354 e. The number of hydrogen-bond acceptors (Lipinski definition) is 5. The number of aromatic nitrogens is 4. The molecule has 0 aliphatic carbocycles. The molecule has 214 valence electrons. The normalized spacial score (nSPS) is 14.7. The quantitative estimate of drug-likeness (QED) is 0.230. The van der Waals surface area contributed by atoms with Crippen molar-refractivity contribution in [2.45, 2.75) is 31.7 Å². The maximum absolute atomic E-state index is 14.1. The van der Waals surface area contributed by atoms with Crippen molar-refractivity contribution in [1.29, 1.82) is 0 Å². The van der Waals surface area contributed by atoms with E-state index in [1.807, 2.05) is 60.0 Å². The number of fused-ring (bicyclic) bond motifs is 1. The maximum atomic E-state index is 14.1. The Hall–Kier alpha value is -4.08. The highest BCUT2D eigenvalue weighted by Gasteiger charge is 2.33. The Kier molecular flexibility index (Phi) is 7.55. The van der Waals surface area contributed by atoms with Gasteiger partial charge in [-0.1, -0.05) is 41.4 Å². The average molecular weight is 607 g/mol. The SMILES string of the molecule is CC1(NC(=O)Cc2ccc(F)cc2F)CCN(c2ncnc3c2nc(-c2ccccc2Cl)n3-c2ccc(Cl)cc2)CC1. The molecule has 6 rings (SSSR count). The number of halogens is 4. The van der Waals surface area contributed by atoms with Gasteiger partial charge in [0.05, 0.1) is 11.4 Å². The molecule has 2 aromatic heterocycles. The summed E-state index contributed by atoms with van der Waals surface area (Å²) in [5, 5.41) is 4.23. The van der Waals surface area contributed by atoms with Crippen molar-refractivity contribution in [3.05, 3.63) is 100 Å². The van der Waals surface area contributed by atoms with Gasteiger partial charge in [0.1, 0.15) is 23.8 Å². The Morgan fingerprint density at radius 3 is 2.45 bits per heavy atom. The third-order valence-electron chi connectivity index (χ3n) is 7.60. The lowest BCUT2D eigenvalue weighted by Crippen LogP contribution is -2.54. The predicted molar refractivity (Wildman–Crippen MR) is 160 cm³/mol. The van der Waals surface area contributed by atoms with Gasteiger partial charge >= 0.3 is 0 Å². The Balaban J connectivity index is 1.28. The predicted octanol–water partition coefficient (Wildman–Crippen LogP) is 6.79. The molecule has 1 N–H and O–H groups in total. The zero-order valence-corrected chi connectivity index (χ0v) is 24.1. The number of benzene rings is 3. The second-order valence-corrected chi connectivity index (χ2v) is 11.4. The van der Waals surface area contributed by atoms with E-state index in [1.54, 1.807) is 0 Å². The Bertz CT molecular complexity index is 1780. The number of imidazole rings is 1. The molecule has 1 aliphatic rings. The Morgan fingerprint density at radius 1 is 1.00 bits per heavy atom. The summed E-state index contributed by atoms with van der Waals surface area (Å²) in [5.74, 6) is -0.407. The van der Waals surface area contributed by atoms with Gasteiger partial charge in [-0.25, -0.2) is 23.7 Å². The summed E-state index contributed by atoms with van der Waals surface area (Å²) in [7, 11) is 0. The van der Waals surface area contributed by atoms with E-state index in [-0.39, 0.29) is 17.9 Å². The molecule has 1 fully saturated rings. The van der Waals surface area contributed by atoms with E-state index in [2.05, 4.69) is 20.2 Å². The van der Waals surface area contributed by atoms with Crippen LogP contribution in [0.15, 0.2) is 73.1 Å². The molecule has 1 amide bonds. The van der Waals surface area contributed by atoms with Gasteiger partial charge in [0, 0.05) is 41.0 Å². The molecule has 3 heterocycles. The van der Waals surface area contributed by atoms with Gasteiger partial charge in [-0.05, 0) is 67.8 Å². The van der Waals surface area contributed by atoms with Crippen molar-refractivity contribution >= 4 is 46.1 Å². The van der Waals surface area contributed by atoms with E-state index < -0.39 is 17.2 Å². The first-order valence-corrected chi connectivity index (χ1v) is 14.2. The van der Waals surface area contributed by atoms with Gasteiger partial charge in [-0.3, -0.25) is 9.36 Å². The number of rotatable bonds is 6. The zero-order valence-electron chi connectivity index (χ0n) is 22.6. The monoisotopic (exact) mass is 606 g/mol. The summed E-state index contributed by atoms with van der Waals surface area (Å²) in [6, 6.07) is 18.2. The van der Waals surface area contributed by atoms with Gasteiger partial charge in [0.2, 0.25) is 5.91 Å². The minimum atomic E-state index is -0.730. The zero-order chi connectivity index (χ0) is 29.4. The molecule has 7 nitrogen and oxygen atoms in total. The number of piperidine rings is 1. The van der Waals surface area contributed by atoms with Crippen LogP contribution in [-0.2, 0) is 11.2 Å². The Morgan fingerprint density at radius 2 is 1.74 bits per heavy atom. The second-order valence-electron chi connectivity index (χ2n) is 10.6. The second kappa shape index (κ2) is 11.3. The number of hydrogen-bond donors (Lipinski definition) is 1.